The van der Waals surface area contributed by atoms with Gasteiger partial charge in [-0.15, -0.1) is 0 Å². The average molecular weight is 342 g/mol. The highest BCUT2D eigenvalue weighted by molar-refractivity contribution is 5.93. The van der Waals surface area contributed by atoms with Gasteiger partial charge in [0.1, 0.15) is 5.65 Å². The second-order valence-electron chi connectivity index (χ2n) is 7.03. The summed E-state index contributed by atoms with van der Waals surface area (Å²) in [5, 5.41) is 1.15. The lowest BCUT2D eigenvalue weighted by Crippen LogP contribution is -2.17. The van der Waals surface area contributed by atoms with Gasteiger partial charge in [0, 0.05) is 29.7 Å². The molecule has 0 atom stereocenters. The summed E-state index contributed by atoms with van der Waals surface area (Å²) in [6.07, 6.45) is 18.4. The Kier molecular flexibility index (Phi) is 4.94. The first-order valence-corrected chi connectivity index (χ1v) is 8.96. The van der Waals surface area contributed by atoms with E-state index in [1.165, 1.54) is 11.1 Å². The molecule has 0 saturated carbocycles. The smallest absolute Gasteiger partial charge is 0.140 e. The largest absolute Gasteiger partial charge is 0.328 e. The molecule has 0 radical (unpaired) electrons. The Hall–Kier alpha value is -2.87. The van der Waals surface area contributed by atoms with Crippen LogP contribution in [0.5, 0.6) is 0 Å². The van der Waals surface area contributed by atoms with E-state index < -0.39 is 0 Å². The Morgan fingerprint density at radius 1 is 1.23 bits per heavy atom. The maximum absolute atomic E-state index is 4.65. The molecule has 2 heterocycles. The normalized spacial score (nSPS) is 16.8. The van der Waals surface area contributed by atoms with Crippen LogP contribution in [-0.2, 0) is 6.54 Å². The molecular weight excluding hydrogens is 316 g/mol. The van der Waals surface area contributed by atoms with Crippen LogP contribution >= 0.6 is 0 Å². The number of fused-ring (bicyclic) bond motifs is 1. The maximum atomic E-state index is 4.65. The summed E-state index contributed by atoms with van der Waals surface area (Å²) in [5.41, 5.74) is 5.90. The van der Waals surface area contributed by atoms with Crippen molar-refractivity contribution in [2.24, 2.45) is 5.41 Å². The van der Waals surface area contributed by atoms with Gasteiger partial charge in [-0.25, -0.2) is 4.98 Å². The van der Waals surface area contributed by atoms with Gasteiger partial charge in [0.05, 0.1) is 0 Å². The van der Waals surface area contributed by atoms with E-state index in [0.717, 1.165) is 28.7 Å². The molecule has 0 fully saturated rings. The molecular formula is C24H26N2. The molecule has 2 aromatic heterocycles. The van der Waals surface area contributed by atoms with Crippen molar-refractivity contribution in [1.29, 1.82) is 0 Å². The van der Waals surface area contributed by atoms with Gasteiger partial charge in [-0.3, -0.25) is 0 Å². The molecule has 0 bridgehead atoms. The van der Waals surface area contributed by atoms with Crippen LogP contribution in [0.25, 0.3) is 16.6 Å². The zero-order valence-corrected chi connectivity index (χ0v) is 15.9. The monoisotopic (exact) mass is 342 g/mol. The molecule has 1 aliphatic rings. The van der Waals surface area contributed by atoms with E-state index in [2.05, 4.69) is 73.1 Å². The minimum atomic E-state index is 0.00799. The van der Waals surface area contributed by atoms with Crippen molar-refractivity contribution >= 4 is 16.6 Å². The van der Waals surface area contributed by atoms with Crippen LogP contribution in [0.4, 0.5) is 0 Å². The quantitative estimate of drug-likeness (QED) is 0.566. The first-order chi connectivity index (χ1) is 12.5. The second kappa shape index (κ2) is 7.17. The fourth-order valence-electron chi connectivity index (χ4n) is 3.49. The summed E-state index contributed by atoms with van der Waals surface area (Å²) < 4.78 is 2.22. The third-order valence-electron chi connectivity index (χ3n) is 5.21. The van der Waals surface area contributed by atoms with Crippen molar-refractivity contribution in [2.45, 2.75) is 27.3 Å². The van der Waals surface area contributed by atoms with E-state index in [4.69, 9.17) is 0 Å². The Morgan fingerprint density at radius 2 is 2.04 bits per heavy atom. The van der Waals surface area contributed by atoms with Crippen LogP contribution < -0.4 is 0 Å². The van der Waals surface area contributed by atoms with Crippen molar-refractivity contribution in [3.63, 3.8) is 0 Å². The highest BCUT2D eigenvalue weighted by Gasteiger charge is 2.29. The van der Waals surface area contributed by atoms with Crippen molar-refractivity contribution in [2.75, 3.05) is 0 Å². The molecule has 0 spiro atoms. The van der Waals surface area contributed by atoms with Crippen molar-refractivity contribution < 1.29 is 0 Å². The molecule has 3 rings (SSSR count). The van der Waals surface area contributed by atoms with Crippen LogP contribution in [0, 0.1) is 5.41 Å². The van der Waals surface area contributed by atoms with E-state index in [9.17, 15) is 0 Å². The SMILES string of the molecule is C=CC1=CC=C(Cn2ccc3c(/C(C=C)=C/C=C\C)ccnc32)C1(C)C. The van der Waals surface area contributed by atoms with Gasteiger partial charge in [0.15, 0.2) is 0 Å². The van der Waals surface area contributed by atoms with Gasteiger partial charge < -0.3 is 4.57 Å². The van der Waals surface area contributed by atoms with E-state index in [-0.39, 0.29) is 5.41 Å². The molecule has 0 amide bonds. The van der Waals surface area contributed by atoms with Crippen LogP contribution in [0.15, 0.2) is 91.4 Å². The summed E-state index contributed by atoms with van der Waals surface area (Å²) in [4.78, 5) is 4.65. The number of nitrogens with zero attached hydrogens (tertiary/aromatic N) is 2. The average Bonchev–Trinajstić information content (AvgIpc) is 3.17. The highest BCUT2D eigenvalue weighted by Crippen LogP contribution is 2.41. The minimum absolute atomic E-state index is 0.00799. The number of rotatable bonds is 6. The number of hydrogen-bond acceptors (Lipinski definition) is 1. The summed E-state index contributed by atoms with van der Waals surface area (Å²) in [6.45, 7) is 15.2. The molecule has 0 N–H and O–H groups in total. The number of pyridine rings is 1. The first kappa shape index (κ1) is 17.9. The van der Waals surface area contributed by atoms with Crippen LogP contribution in [0.1, 0.15) is 26.3 Å². The van der Waals surface area contributed by atoms with Crippen LogP contribution in [0.3, 0.4) is 0 Å². The summed E-state index contributed by atoms with van der Waals surface area (Å²) in [6, 6.07) is 4.20. The summed E-state index contributed by atoms with van der Waals surface area (Å²) >= 11 is 0. The number of allylic oxidation sites excluding steroid dienone is 10. The molecule has 132 valence electrons. The summed E-state index contributed by atoms with van der Waals surface area (Å²) in [5.74, 6) is 0. The topological polar surface area (TPSA) is 17.8 Å². The third-order valence-corrected chi connectivity index (χ3v) is 5.21. The number of hydrogen-bond donors (Lipinski definition) is 0. The Balaban J connectivity index is 2.00. The molecule has 26 heavy (non-hydrogen) atoms. The first-order valence-electron chi connectivity index (χ1n) is 8.96. The maximum Gasteiger partial charge on any atom is 0.140 e. The Morgan fingerprint density at radius 3 is 2.69 bits per heavy atom. The number of aromatic nitrogens is 2. The Labute approximate surface area is 156 Å². The minimum Gasteiger partial charge on any atom is -0.328 e. The molecule has 2 aromatic rings. The highest BCUT2D eigenvalue weighted by atomic mass is 15.0. The van der Waals surface area contributed by atoms with Gasteiger partial charge in [-0.2, -0.15) is 0 Å². The molecule has 0 aromatic carbocycles. The molecule has 0 unspecified atom stereocenters. The lowest BCUT2D eigenvalue weighted by molar-refractivity contribution is 0.524. The summed E-state index contributed by atoms with van der Waals surface area (Å²) in [7, 11) is 0. The van der Waals surface area contributed by atoms with Gasteiger partial charge in [0.2, 0.25) is 0 Å². The van der Waals surface area contributed by atoms with E-state index in [1.54, 1.807) is 0 Å². The molecule has 2 heteroatoms. The van der Waals surface area contributed by atoms with E-state index in [0.29, 0.717) is 0 Å². The predicted octanol–water partition coefficient (Wildman–Crippen LogP) is 6.26. The van der Waals surface area contributed by atoms with Gasteiger partial charge in [-0.1, -0.05) is 69.5 Å². The predicted molar refractivity (Wildman–Crippen MR) is 113 cm³/mol. The third kappa shape index (κ3) is 3.03. The lowest BCUT2D eigenvalue weighted by atomic mass is 9.81. The van der Waals surface area contributed by atoms with Gasteiger partial charge >= 0.3 is 0 Å². The lowest BCUT2D eigenvalue weighted by Gasteiger charge is -2.26. The standard InChI is InChI=1S/C24H26N2/c1-6-9-10-18(7-2)21-13-15-25-23-22(21)14-16-26(23)17-20-12-11-19(8-3)24(20,4)5/h6-16H,2-3,17H2,1,4-5H3/b9-6-,18-10+. The fraction of sp³-hybridized carbons (Fsp3) is 0.208. The van der Waals surface area contributed by atoms with E-state index in [1.807, 2.05) is 37.4 Å². The van der Waals surface area contributed by atoms with Crippen LogP contribution in [0.2, 0.25) is 0 Å². The van der Waals surface area contributed by atoms with Crippen LogP contribution in [-0.4, -0.2) is 9.55 Å². The fourth-order valence-corrected chi connectivity index (χ4v) is 3.49. The molecule has 0 aliphatic heterocycles. The van der Waals surface area contributed by atoms with Gasteiger partial charge in [-0.05, 0) is 41.3 Å². The molecule has 2 nitrogen and oxygen atoms in total. The Bertz CT molecular complexity index is 975. The van der Waals surface area contributed by atoms with Crippen molar-refractivity contribution in [3.05, 3.63) is 96.9 Å². The zero-order chi connectivity index (χ0) is 18.7. The second-order valence-corrected chi connectivity index (χ2v) is 7.03. The molecule has 0 saturated heterocycles. The van der Waals surface area contributed by atoms with Gasteiger partial charge in [0.25, 0.3) is 0 Å². The van der Waals surface area contributed by atoms with Crippen molar-refractivity contribution in [3.8, 4) is 0 Å². The van der Waals surface area contributed by atoms with E-state index >= 15 is 0 Å². The van der Waals surface area contributed by atoms with Crippen molar-refractivity contribution in [1.82, 2.24) is 9.55 Å². The zero-order valence-electron chi connectivity index (χ0n) is 15.9. The molecule has 1 aliphatic carbocycles.